The Morgan fingerprint density at radius 3 is 2.50 bits per heavy atom. The van der Waals surface area contributed by atoms with Gasteiger partial charge in [-0.05, 0) is 52.7 Å². The zero-order chi connectivity index (χ0) is 13.6. The van der Waals surface area contributed by atoms with E-state index in [9.17, 15) is 9.59 Å². The second-order valence-corrected chi connectivity index (χ2v) is 6.30. The van der Waals surface area contributed by atoms with Crippen LogP contribution in [0, 0.1) is 0 Å². The predicted molar refractivity (Wildman–Crippen MR) is 70.8 cm³/mol. The average Bonchev–Trinajstić information content (AvgIpc) is 2.95. The Balaban J connectivity index is 2.35. The van der Waals surface area contributed by atoms with E-state index >= 15 is 0 Å². The van der Waals surface area contributed by atoms with E-state index in [1.807, 2.05) is 27.7 Å². The maximum absolute atomic E-state index is 12.3. The van der Waals surface area contributed by atoms with Gasteiger partial charge in [0.15, 0.2) is 0 Å². The van der Waals surface area contributed by atoms with Crippen molar-refractivity contribution in [2.24, 2.45) is 0 Å². The number of rotatable bonds is 2. The minimum atomic E-state index is -0.340. The second kappa shape index (κ2) is 3.97. The van der Waals surface area contributed by atoms with Crippen molar-refractivity contribution in [3.63, 3.8) is 0 Å². The van der Waals surface area contributed by atoms with E-state index in [-0.39, 0.29) is 28.1 Å². The molecule has 0 radical (unpaired) electrons. The van der Waals surface area contributed by atoms with Crippen LogP contribution in [0.5, 0.6) is 0 Å². The molecule has 1 aromatic heterocycles. The van der Waals surface area contributed by atoms with Crippen LogP contribution in [0.15, 0.2) is 23.1 Å². The van der Waals surface area contributed by atoms with Gasteiger partial charge in [0.25, 0.3) is 11.5 Å². The SMILES string of the molecule is CC(C)(C)NC(=O)c1cccn(C2(C)CC2)c1=O. The van der Waals surface area contributed by atoms with E-state index < -0.39 is 0 Å². The maximum atomic E-state index is 12.3. The molecule has 0 atom stereocenters. The summed E-state index contributed by atoms with van der Waals surface area (Å²) in [5, 5.41) is 2.82. The number of hydrogen-bond donors (Lipinski definition) is 1. The number of carbonyl (C=O) groups is 1. The molecular formula is C14H20N2O2. The summed E-state index contributed by atoms with van der Waals surface area (Å²) in [5.74, 6) is -0.300. The highest BCUT2D eigenvalue weighted by Crippen LogP contribution is 2.41. The number of amides is 1. The molecule has 0 aromatic carbocycles. The van der Waals surface area contributed by atoms with Gasteiger partial charge in [-0.3, -0.25) is 9.59 Å². The molecule has 0 saturated heterocycles. The first-order valence-electron chi connectivity index (χ1n) is 6.28. The Morgan fingerprint density at radius 1 is 1.39 bits per heavy atom. The van der Waals surface area contributed by atoms with Crippen LogP contribution in [0.1, 0.15) is 50.9 Å². The van der Waals surface area contributed by atoms with Gasteiger partial charge in [0.1, 0.15) is 5.56 Å². The zero-order valence-corrected chi connectivity index (χ0v) is 11.4. The summed E-state index contributed by atoms with van der Waals surface area (Å²) < 4.78 is 1.69. The molecule has 1 fully saturated rings. The Labute approximate surface area is 107 Å². The quantitative estimate of drug-likeness (QED) is 0.869. The fraction of sp³-hybridized carbons (Fsp3) is 0.571. The molecule has 0 aliphatic heterocycles. The van der Waals surface area contributed by atoms with E-state index in [2.05, 4.69) is 5.32 Å². The summed E-state index contributed by atoms with van der Waals surface area (Å²) in [6, 6.07) is 3.36. The van der Waals surface area contributed by atoms with Crippen molar-refractivity contribution >= 4 is 5.91 Å². The Hall–Kier alpha value is -1.58. The molecule has 4 nitrogen and oxygen atoms in total. The van der Waals surface area contributed by atoms with Crippen LogP contribution in [-0.2, 0) is 5.54 Å². The van der Waals surface area contributed by atoms with Crippen LogP contribution in [-0.4, -0.2) is 16.0 Å². The molecule has 2 rings (SSSR count). The van der Waals surface area contributed by atoms with Crippen LogP contribution in [0.2, 0.25) is 0 Å². The minimum Gasteiger partial charge on any atom is -0.347 e. The third-order valence-electron chi connectivity index (χ3n) is 3.24. The molecule has 1 aromatic rings. The van der Waals surface area contributed by atoms with Crippen molar-refractivity contribution in [1.82, 2.24) is 9.88 Å². The number of aromatic nitrogens is 1. The number of hydrogen-bond acceptors (Lipinski definition) is 2. The molecule has 1 N–H and O–H groups in total. The van der Waals surface area contributed by atoms with Crippen molar-refractivity contribution in [3.05, 3.63) is 34.2 Å². The second-order valence-electron chi connectivity index (χ2n) is 6.30. The highest BCUT2D eigenvalue weighted by molar-refractivity contribution is 5.94. The molecule has 0 bridgehead atoms. The van der Waals surface area contributed by atoms with Crippen LogP contribution in [0.4, 0.5) is 0 Å². The lowest BCUT2D eigenvalue weighted by Crippen LogP contribution is -2.44. The van der Waals surface area contributed by atoms with Gasteiger partial charge in [-0.15, -0.1) is 0 Å². The van der Waals surface area contributed by atoms with Crippen molar-refractivity contribution in [2.45, 2.75) is 51.6 Å². The van der Waals surface area contributed by atoms with Crippen LogP contribution in [0.3, 0.4) is 0 Å². The van der Waals surface area contributed by atoms with Crippen LogP contribution < -0.4 is 10.9 Å². The third kappa shape index (κ3) is 2.47. The van der Waals surface area contributed by atoms with Crippen molar-refractivity contribution in [2.75, 3.05) is 0 Å². The first-order valence-corrected chi connectivity index (χ1v) is 6.28. The van der Waals surface area contributed by atoms with E-state index in [4.69, 9.17) is 0 Å². The van der Waals surface area contributed by atoms with Crippen LogP contribution >= 0.6 is 0 Å². The van der Waals surface area contributed by atoms with E-state index in [0.29, 0.717) is 0 Å². The van der Waals surface area contributed by atoms with Gasteiger partial charge in [-0.2, -0.15) is 0 Å². The standard InChI is InChI=1S/C14H20N2O2/c1-13(2,3)15-11(17)10-6-5-9-16(12(10)18)14(4)7-8-14/h5-6,9H,7-8H2,1-4H3,(H,15,17). The predicted octanol–water partition coefficient (Wildman–Crippen LogP) is 1.89. The molecule has 1 heterocycles. The summed E-state index contributed by atoms with van der Waals surface area (Å²) in [6.07, 6.45) is 3.76. The molecule has 0 spiro atoms. The third-order valence-corrected chi connectivity index (χ3v) is 3.24. The highest BCUT2D eigenvalue weighted by atomic mass is 16.2. The number of carbonyl (C=O) groups excluding carboxylic acids is 1. The summed E-state index contributed by atoms with van der Waals surface area (Å²) >= 11 is 0. The monoisotopic (exact) mass is 248 g/mol. The average molecular weight is 248 g/mol. The molecule has 98 valence electrons. The Kier molecular flexibility index (Phi) is 2.84. The van der Waals surface area contributed by atoms with Gasteiger partial charge < -0.3 is 9.88 Å². The largest absolute Gasteiger partial charge is 0.347 e. The number of pyridine rings is 1. The first kappa shape index (κ1) is 12.9. The minimum absolute atomic E-state index is 0.0882. The van der Waals surface area contributed by atoms with Crippen molar-refractivity contribution in [3.8, 4) is 0 Å². The molecule has 0 unspecified atom stereocenters. The molecule has 4 heteroatoms. The van der Waals surface area contributed by atoms with Gasteiger partial charge in [0, 0.05) is 17.3 Å². The topological polar surface area (TPSA) is 51.1 Å². The molecule has 1 aliphatic carbocycles. The molecule has 1 amide bonds. The molecule has 1 aliphatic rings. The maximum Gasteiger partial charge on any atom is 0.263 e. The zero-order valence-electron chi connectivity index (χ0n) is 11.4. The van der Waals surface area contributed by atoms with Crippen molar-refractivity contribution < 1.29 is 4.79 Å². The first-order chi connectivity index (χ1) is 8.23. The molecular weight excluding hydrogens is 228 g/mol. The lowest BCUT2D eigenvalue weighted by molar-refractivity contribution is 0.0917. The van der Waals surface area contributed by atoms with Gasteiger partial charge in [0.05, 0.1) is 0 Å². The normalized spacial score (nSPS) is 17.3. The van der Waals surface area contributed by atoms with Gasteiger partial charge in [-0.25, -0.2) is 0 Å². The lowest BCUT2D eigenvalue weighted by Gasteiger charge is -2.21. The number of nitrogens with one attached hydrogen (secondary N) is 1. The smallest absolute Gasteiger partial charge is 0.263 e. The molecule has 18 heavy (non-hydrogen) atoms. The van der Waals surface area contributed by atoms with Gasteiger partial charge >= 0.3 is 0 Å². The van der Waals surface area contributed by atoms with Gasteiger partial charge in [0.2, 0.25) is 0 Å². The highest BCUT2D eigenvalue weighted by Gasteiger charge is 2.40. The number of nitrogens with zero attached hydrogens (tertiary/aromatic N) is 1. The Bertz CT molecular complexity index is 533. The molecule has 1 saturated carbocycles. The van der Waals surface area contributed by atoms with Crippen molar-refractivity contribution in [1.29, 1.82) is 0 Å². The summed E-state index contributed by atoms with van der Waals surface area (Å²) in [7, 11) is 0. The summed E-state index contributed by atoms with van der Waals surface area (Å²) in [4.78, 5) is 24.3. The summed E-state index contributed by atoms with van der Waals surface area (Å²) in [5.41, 5.74) is -0.400. The van der Waals surface area contributed by atoms with Gasteiger partial charge in [-0.1, -0.05) is 0 Å². The lowest BCUT2D eigenvalue weighted by atomic mass is 10.1. The van der Waals surface area contributed by atoms with Crippen LogP contribution in [0.25, 0.3) is 0 Å². The van der Waals surface area contributed by atoms with E-state index in [1.54, 1.807) is 22.9 Å². The fourth-order valence-corrected chi connectivity index (χ4v) is 1.92. The van der Waals surface area contributed by atoms with E-state index in [1.165, 1.54) is 0 Å². The summed E-state index contributed by atoms with van der Waals surface area (Å²) in [6.45, 7) is 7.73. The fourth-order valence-electron chi connectivity index (χ4n) is 1.92. The Morgan fingerprint density at radius 2 is 2.00 bits per heavy atom. The van der Waals surface area contributed by atoms with E-state index in [0.717, 1.165) is 12.8 Å².